The van der Waals surface area contributed by atoms with Crippen molar-refractivity contribution in [1.29, 1.82) is 0 Å². The summed E-state index contributed by atoms with van der Waals surface area (Å²) in [5.74, 6) is 1.47. The van der Waals surface area contributed by atoms with Gasteiger partial charge in [-0.15, -0.1) is 0 Å². The molecule has 0 N–H and O–H groups in total. The van der Waals surface area contributed by atoms with Crippen molar-refractivity contribution < 1.29 is 23.7 Å². The number of ether oxygens (including phenoxy) is 4. The maximum absolute atomic E-state index is 11.4. The number of esters is 1. The number of hydrogen-bond acceptors (Lipinski definition) is 5. The zero-order valence-corrected chi connectivity index (χ0v) is 11.1. The van der Waals surface area contributed by atoms with E-state index in [2.05, 4.69) is 0 Å². The molecule has 100 valence electrons. The first-order chi connectivity index (χ1) is 8.65. The average Bonchev–Trinajstić information content (AvgIpc) is 2.37. The summed E-state index contributed by atoms with van der Waals surface area (Å²) in [6, 6.07) is 3.18. The molecule has 0 bridgehead atoms. The van der Waals surface area contributed by atoms with E-state index < -0.39 is 0 Å². The molecule has 0 aliphatic carbocycles. The second kappa shape index (κ2) is 6.74. The van der Waals surface area contributed by atoms with E-state index in [-0.39, 0.29) is 5.97 Å². The first-order valence-corrected chi connectivity index (χ1v) is 5.66. The van der Waals surface area contributed by atoms with Gasteiger partial charge in [0.1, 0.15) is 5.75 Å². The lowest BCUT2D eigenvalue weighted by molar-refractivity contribution is -0.134. The van der Waals surface area contributed by atoms with Crippen LogP contribution < -0.4 is 18.9 Å². The molecule has 0 amide bonds. The maximum Gasteiger partial charge on any atom is 0.311 e. The molecule has 1 aromatic carbocycles. The molecule has 0 saturated heterocycles. The number of methoxy groups -OCH3 is 3. The van der Waals surface area contributed by atoms with Crippen molar-refractivity contribution in [2.75, 3.05) is 21.3 Å². The summed E-state index contributed by atoms with van der Waals surface area (Å²) < 4.78 is 20.7. The molecule has 0 saturated carbocycles. The summed E-state index contributed by atoms with van der Waals surface area (Å²) in [6.45, 7) is 1.91. The highest BCUT2D eigenvalue weighted by Gasteiger charge is 2.15. The summed E-state index contributed by atoms with van der Waals surface area (Å²) in [4.78, 5) is 11.4. The van der Waals surface area contributed by atoms with Crippen LogP contribution >= 0.6 is 0 Å². The highest BCUT2D eigenvalue weighted by molar-refractivity contribution is 5.73. The zero-order chi connectivity index (χ0) is 13.5. The van der Waals surface area contributed by atoms with Crippen LogP contribution in [0.1, 0.15) is 19.8 Å². The molecule has 1 aromatic rings. The molecule has 0 aliphatic rings. The SMILES string of the molecule is CCCC(=O)Oc1cc(OC)c(OC)c(OC)c1. The molecule has 0 atom stereocenters. The van der Waals surface area contributed by atoms with Crippen LogP contribution in [-0.2, 0) is 4.79 Å². The van der Waals surface area contributed by atoms with Gasteiger partial charge in [-0.2, -0.15) is 0 Å². The fraction of sp³-hybridized carbons (Fsp3) is 0.462. The number of carbonyl (C=O) groups is 1. The van der Waals surface area contributed by atoms with Gasteiger partial charge in [0.2, 0.25) is 5.75 Å². The van der Waals surface area contributed by atoms with Crippen molar-refractivity contribution in [2.45, 2.75) is 19.8 Å². The van der Waals surface area contributed by atoms with Gasteiger partial charge in [-0.1, -0.05) is 6.92 Å². The predicted molar refractivity (Wildman–Crippen MR) is 66.6 cm³/mol. The van der Waals surface area contributed by atoms with Crippen LogP contribution in [0.2, 0.25) is 0 Å². The van der Waals surface area contributed by atoms with Crippen molar-refractivity contribution in [3.8, 4) is 23.0 Å². The molecule has 0 heterocycles. The maximum atomic E-state index is 11.4. The number of benzene rings is 1. The lowest BCUT2D eigenvalue weighted by atomic mass is 10.2. The van der Waals surface area contributed by atoms with Crippen molar-refractivity contribution in [1.82, 2.24) is 0 Å². The van der Waals surface area contributed by atoms with Gasteiger partial charge < -0.3 is 18.9 Å². The van der Waals surface area contributed by atoms with Crippen LogP contribution in [0.5, 0.6) is 23.0 Å². The minimum Gasteiger partial charge on any atom is -0.493 e. The summed E-state index contributed by atoms with van der Waals surface area (Å²) in [7, 11) is 4.53. The lowest BCUT2D eigenvalue weighted by Crippen LogP contribution is -2.07. The van der Waals surface area contributed by atoms with Crippen LogP contribution in [0.4, 0.5) is 0 Å². The Bertz CT molecular complexity index is 389. The number of hydrogen-bond donors (Lipinski definition) is 0. The van der Waals surface area contributed by atoms with Gasteiger partial charge in [0.25, 0.3) is 0 Å². The standard InChI is InChI=1S/C13H18O5/c1-5-6-12(14)18-9-7-10(15-2)13(17-4)11(8-9)16-3/h7-8H,5-6H2,1-4H3. The van der Waals surface area contributed by atoms with Crippen LogP contribution in [0.15, 0.2) is 12.1 Å². The van der Waals surface area contributed by atoms with E-state index in [0.717, 1.165) is 6.42 Å². The van der Waals surface area contributed by atoms with Gasteiger partial charge in [-0.3, -0.25) is 4.79 Å². The predicted octanol–water partition coefficient (Wildman–Crippen LogP) is 2.42. The first kappa shape index (κ1) is 14.2. The lowest BCUT2D eigenvalue weighted by Gasteiger charge is -2.13. The Morgan fingerprint density at radius 3 is 2.00 bits per heavy atom. The molecule has 0 radical (unpaired) electrons. The van der Waals surface area contributed by atoms with Crippen molar-refractivity contribution in [3.63, 3.8) is 0 Å². The third-order valence-electron chi connectivity index (χ3n) is 2.32. The highest BCUT2D eigenvalue weighted by atomic mass is 16.5. The third kappa shape index (κ3) is 3.29. The molecule has 0 aromatic heterocycles. The van der Waals surface area contributed by atoms with Gasteiger partial charge in [0.05, 0.1) is 21.3 Å². The zero-order valence-electron chi connectivity index (χ0n) is 11.1. The second-order valence-electron chi connectivity index (χ2n) is 3.59. The summed E-state index contributed by atoms with van der Waals surface area (Å²) in [5, 5.41) is 0. The molecule has 0 fully saturated rings. The molecule has 5 heteroatoms. The minimum atomic E-state index is -0.285. The summed E-state index contributed by atoms with van der Waals surface area (Å²) in [5.41, 5.74) is 0. The van der Waals surface area contributed by atoms with Crippen LogP contribution in [-0.4, -0.2) is 27.3 Å². The quantitative estimate of drug-likeness (QED) is 0.576. The van der Waals surface area contributed by atoms with Crippen molar-refractivity contribution in [2.24, 2.45) is 0 Å². The van der Waals surface area contributed by atoms with Crippen molar-refractivity contribution >= 4 is 5.97 Å². The molecule has 0 spiro atoms. The van der Waals surface area contributed by atoms with Gasteiger partial charge in [-0.25, -0.2) is 0 Å². The Hall–Kier alpha value is -1.91. The molecule has 18 heavy (non-hydrogen) atoms. The Balaban J connectivity index is 3.03. The fourth-order valence-electron chi connectivity index (χ4n) is 1.50. The van der Waals surface area contributed by atoms with E-state index >= 15 is 0 Å². The third-order valence-corrected chi connectivity index (χ3v) is 2.32. The Kier molecular flexibility index (Phi) is 5.30. The van der Waals surface area contributed by atoms with Crippen LogP contribution in [0, 0.1) is 0 Å². The summed E-state index contributed by atoms with van der Waals surface area (Å²) >= 11 is 0. The Labute approximate surface area is 107 Å². The smallest absolute Gasteiger partial charge is 0.311 e. The topological polar surface area (TPSA) is 54.0 Å². The van der Waals surface area contributed by atoms with Gasteiger partial charge in [-0.05, 0) is 6.42 Å². The van der Waals surface area contributed by atoms with Gasteiger partial charge in [0.15, 0.2) is 11.5 Å². The van der Waals surface area contributed by atoms with E-state index in [0.29, 0.717) is 29.4 Å². The van der Waals surface area contributed by atoms with Crippen LogP contribution in [0.3, 0.4) is 0 Å². The molecule has 5 nitrogen and oxygen atoms in total. The monoisotopic (exact) mass is 254 g/mol. The first-order valence-electron chi connectivity index (χ1n) is 5.66. The fourth-order valence-corrected chi connectivity index (χ4v) is 1.50. The summed E-state index contributed by atoms with van der Waals surface area (Å²) in [6.07, 6.45) is 1.11. The van der Waals surface area contributed by atoms with E-state index in [1.54, 1.807) is 12.1 Å². The number of rotatable bonds is 6. The molecular weight excluding hydrogens is 236 g/mol. The average molecular weight is 254 g/mol. The van der Waals surface area contributed by atoms with E-state index in [1.807, 2.05) is 6.92 Å². The second-order valence-corrected chi connectivity index (χ2v) is 3.59. The Morgan fingerprint density at radius 2 is 1.61 bits per heavy atom. The van der Waals surface area contributed by atoms with E-state index in [9.17, 15) is 4.79 Å². The molecule has 0 unspecified atom stereocenters. The normalized spacial score (nSPS) is 9.78. The minimum absolute atomic E-state index is 0.285. The van der Waals surface area contributed by atoms with Gasteiger partial charge in [0, 0.05) is 18.6 Å². The van der Waals surface area contributed by atoms with Crippen molar-refractivity contribution in [3.05, 3.63) is 12.1 Å². The molecule has 0 aliphatic heterocycles. The largest absolute Gasteiger partial charge is 0.493 e. The molecular formula is C13H18O5. The van der Waals surface area contributed by atoms with Gasteiger partial charge >= 0.3 is 5.97 Å². The Morgan fingerprint density at radius 1 is 1.06 bits per heavy atom. The highest BCUT2D eigenvalue weighted by Crippen LogP contribution is 2.40. The number of carbonyl (C=O) groups excluding carboxylic acids is 1. The molecule has 1 rings (SSSR count). The van der Waals surface area contributed by atoms with Crippen LogP contribution in [0.25, 0.3) is 0 Å². The van der Waals surface area contributed by atoms with E-state index in [4.69, 9.17) is 18.9 Å². The van der Waals surface area contributed by atoms with E-state index in [1.165, 1.54) is 21.3 Å².